The van der Waals surface area contributed by atoms with Crippen molar-refractivity contribution in [2.45, 2.75) is 18.0 Å². The van der Waals surface area contributed by atoms with Crippen LogP contribution in [0, 0.1) is 0 Å². The van der Waals surface area contributed by atoms with Crippen LogP contribution in [-0.4, -0.2) is 57.4 Å². The van der Waals surface area contributed by atoms with Crippen molar-refractivity contribution < 1.29 is 45.1 Å². The largest absolute Gasteiger partial charge is 0.467 e. The average Bonchev–Trinajstić information content (AvgIpc) is 3.16. The number of hydrogen-bond donors (Lipinski definition) is 0. The van der Waals surface area contributed by atoms with E-state index in [1.807, 2.05) is 0 Å². The summed E-state index contributed by atoms with van der Waals surface area (Å²) in [5, 5.41) is 3.74. The fourth-order valence-electron chi connectivity index (χ4n) is 2.84. The Labute approximate surface area is 175 Å². The van der Waals surface area contributed by atoms with Crippen molar-refractivity contribution in [3.05, 3.63) is 41.7 Å². The molecule has 1 aromatic heterocycles. The van der Waals surface area contributed by atoms with Crippen LogP contribution in [0.4, 0.5) is 30.7 Å². The average molecular weight is 466 g/mol. The highest BCUT2D eigenvalue weighted by molar-refractivity contribution is 5.93. The first-order valence-electron chi connectivity index (χ1n) is 8.68. The van der Waals surface area contributed by atoms with E-state index in [1.54, 1.807) is 0 Å². The topological polar surface area (TPSA) is 77.3 Å². The second-order valence-electron chi connectivity index (χ2n) is 6.81. The predicted octanol–water partition coefficient (Wildman–Crippen LogP) is 3.18. The second-order valence-corrected chi connectivity index (χ2v) is 6.81. The molecular weight excluding hydrogens is 453 g/mol. The molecular formula is C18H13F7N4O3. The second kappa shape index (κ2) is 7.91. The Balaban J connectivity index is 1.78. The lowest BCUT2D eigenvalue weighted by molar-refractivity contribution is -0.170. The summed E-state index contributed by atoms with van der Waals surface area (Å²) < 4.78 is 97.1. The number of methoxy groups -OCH3 is 1. The van der Waals surface area contributed by atoms with Gasteiger partial charge in [0.1, 0.15) is 6.33 Å². The number of carbonyl (C=O) groups excluding carboxylic acids is 2. The van der Waals surface area contributed by atoms with Crippen molar-refractivity contribution in [2.75, 3.05) is 20.2 Å². The molecule has 0 atom stereocenters. The van der Waals surface area contributed by atoms with Crippen molar-refractivity contribution >= 4 is 18.1 Å². The third-order valence-corrected chi connectivity index (χ3v) is 4.47. The minimum Gasteiger partial charge on any atom is -0.467 e. The molecule has 32 heavy (non-hydrogen) atoms. The van der Waals surface area contributed by atoms with Crippen LogP contribution in [-0.2, 0) is 26.7 Å². The molecule has 172 valence electrons. The lowest BCUT2D eigenvalue weighted by Crippen LogP contribution is -2.64. The zero-order chi connectivity index (χ0) is 23.9. The lowest BCUT2D eigenvalue weighted by atomic mass is 9.96. The fourth-order valence-corrected chi connectivity index (χ4v) is 2.84. The van der Waals surface area contributed by atoms with Crippen molar-refractivity contribution in [3.8, 4) is 11.4 Å². The maximum Gasteiger partial charge on any atom is 0.416 e. The maximum atomic E-state index is 14.0. The molecule has 1 aliphatic heterocycles. The number of rotatable bonds is 4. The number of nitrogens with zero attached hydrogens (tertiary/aromatic N) is 4. The van der Waals surface area contributed by atoms with Crippen molar-refractivity contribution in [2.24, 2.45) is 0 Å². The molecule has 0 aliphatic carbocycles. The van der Waals surface area contributed by atoms with Crippen LogP contribution < -0.4 is 0 Å². The van der Waals surface area contributed by atoms with Crippen LogP contribution in [0.5, 0.6) is 0 Å². The van der Waals surface area contributed by atoms with Gasteiger partial charge >= 0.3 is 18.3 Å². The number of ether oxygens (including phenoxy) is 1. The van der Waals surface area contributed by atoms with Crippen LogP contribution in [0.15, 0.2) is 30.6 Å². The van der Waals surface area contributed by atoms with Crippen LogP contribution in [0.2, 0.25) is 0 Å². The molecule has 0 saturated carbocycles. The van der Waals surface area contributed by atoms with Gasteiger partial charge in [0.15, 0.2) is 5.82 Å². The molecule has 1 aliphatic rings. The highest BCUT2D eigenvalue weighted by Crippen LogP contribution is 2.38. The number of benzene rings is 1. The number of carbonyl (C=O) groups is 2. The predicted molar refractivity (Wildman–Crippen MR) is 93.2 cm³/mol. The Morgan fingerprint density at radius 2 is 1.62 bits per heavy atom. The van der Waals surface area contributed by atoms with Gasteiger partial charge < -0.3 is 9.64 Å². The first kappa shape index (κ1) is 23.2. The van der Waals surface area contributed by atoms with Gasteiger partial charge in [-0.25, -0.2) is 18.9 Å². The third-order valence-electron chi connectivity index (χ3n) is 4.47. The van der Waals surface area contributed by atoms with Crippen molar-refractivity contribution in [1.82, 2.24) is 19.7 Å². The van der Waals surface area contributed by atoms with Gasteiger partial charge in [-0.3, -0.25) is 4.79 Å². The summed E-state index contributed by atoms with van der Waals surface area (Å²) in [6, 6.07) is 0.917. The Hall–Kier alpha value is -3.45. The van der Waals surface area contributed by atoms with E-state index in [-0.39, 0.29) is 6.07 Å². The zero-order valence-electron chi connectivity index (χ0n) is 16.0. The number of amides is 1. The van der Waals surface area contributed by atoms with Gasteiger partial charge in [-0.1, -0.05) is 0 Å². The molecule has 3 rings (SSSR count). The Morgan fingerprint density at radius 3 is 2.12 bits per heavy atom. The number of hydrogen-bond acceptors (Lipinski definition) is 5. The molecule has 14 heteroatoms. The summed E-state index contributed by atoms with van der Waals surface area (Å²) in [7, 11) is 0.998. The van der Waals surface area contributed by atoms with E-state index in [1.165, 1.54) is 0 Å². The molecule has 0 unspecified atom stereocenters. The summed E-state index contributed by atoms with van der Waals surface area (Å²) in [5.41, 5.74) is -5.89. The van der Waals surface area contributed by atoms with Crippen molar-refractivity contribution in [3.63, 3.8) is 0 Å². The van der Waals surface area contributed by atoms with Crippen LogP contribution in [0.25, 0.3) is 17.6 Å². The fraction of sp³-hybridized carbons (Fsp3) is 0.333. The van der Waals surface area contributed by atoms with Crippen LogP contribution in [0.3, 0.4) is 0 Å². The molecule has 1 saturated heterocycles. The van der Waals surface area contributed by atoms with E-state index < -0.39 is 65.5 Å². The quantitative estimate of drug-likeness (QED) is 0.393. The molecule has 0 bridgehead atoms. The monoisotopic (exact) mass is 466 g/mol. The summed E-state index contributed by atoms with van der Waals surface area (Å²) in [6.45, 7) is -1.06. The Morgan fingerprint density at radius 1 is 1.06 bits per heavy atom. The highest BCUT2D eigenvalue weighted by Gasteiger charge is 2.52. The molecule has 2 aromatic rings. The third kappa shape index (κ3) is 4.73. The van der Waals surface area contributed by atoms with Crippen LogP contribution in [0.1, 0.15) is 11.1 Å². The molecule has 1 aromatic carbocycles. The molecule has 0 N–H and O–H groups in total. The zero-order valence-corrected chi connectivity index (χ0v) is 16.0. The van der Waals surface area contributed by atoms with E-state index in [9.17, 15) is 40.3 Å². The normalized spacial score (nSPS) is 16.2. The molecule has 7 nitrogen and oxygen atoms in total. The van der Waals surface area contributed by atoms with E-state index in [2.05, 4.69) is 14.8 Å². The number of likely N-dealkylation sites (tertiary alicyclic amines) is 1. The minimum absolute atomic E-state index is 0.0225. The number of aromatic nitrogens is 3. The lowest BCUT2D eigenvalue weighted by Gasteiger charge is -2.41. The SMILES string of the molecule is COC(=O)C1(F)CN(C(=O)/C=C\n2cnc(-c3cc(C(F)(F)F)cc(C(F)(F)F)c3)n2)C1. The van der Waals surface area contributed by atoms with Gasteiger partial charge in [-0.15, -0.1) is 5.10 Å². The number of alkyl halides is 7. The summed E-state index contributed by atoms with van der Waals surface area (Å²) in [4.78, 5) is 27.9. The number of esters is 1. The van der Waals surface area contributed by atoms with Crippen molar-refractivity contribution in [1.29, 1.82) is 0 Å². The summed E-state index contributed by atoms with van der Waals surface area (Å²) in [5.74, 6) is -2.28. The van der Waals surface area contributed by atoms with Crippen LogP contribution >= 0.6 is 0 Å². The molecule has 2 heterocycles. The van der Waals surface area contributed by atoms with Gasteiger partial charge in [0.05, 0.1) is 31.3 Å². The van der Waals surface area contributed by atoms with Gasteiger partial charge in [-0.2, -0.15) is 26.3 Å². The van der Waals surface area contributed by atoms with Gasteiger partial charge in [-0.05, 0) is 18.2 Å². The van der Waals surface area contributed by atoms with Gasteiger partial charge in [0, 0.05) is 17.8 Å². The van der Waals surface area contributed by atoms with E-state index in [0.717, 1.165) is 35.3 Å². The molecule has 0 radical (unpaired) electrons. The molecule has 1 fully saturated rings. The summed E-state index contributed by atoms with van der Waals surface area (Å²) >= 11 is 0. The maximum absolute atomic E-state index is 14.0. The number of halogens is 7. The Kier molecular flexibility index (Phi) is 5.74. The van der Waals surface area contributed by atoms with E-state index in [4.69, 9.17) is 0 Å². The summed E-state index contributed by atoms with van der Waals surface area (Å²) in [6.07, 6.45) is -7.16. The van der Waals surface area contributed by atoms with Gasteiger partial charge in [0.25, 0.3) is 0 Å². The molecule has 1 amide bonds. The first-order chi connectivity index (χ1) is 14.7. The standard InChI is InChI=1S/C18H13F7N4O3/c1-32-15(31)16(19)7-28(8-16)13(30)2-3-29-9-26-14(27-29)10-4-11(17(20,21)22)6-12(5-10)18(23,24)25/h2-6,9H,7-8H2,1H3/b3-2-. The Bertz CT molecular complexity index is 1040. The van der Waals surface area contributed by atoms with E-state index in [0.29, 0.717) is 12.1 Å². The molecule has 0 spiro atoms. The smallest absolute Gasteiger partial charge is 0.416 e. The van der Waals surface area contributed by atoms with Gasteiger partial charge in [0.2, 0.25) is 11.6 Å². The minimum atomic E-state index is -5.03. The highest BCUT2D eigenvalue weighted by atomic mass is 19.4. The first-order valence-corrected chi connectivity index (χ1v) is 8.68. The van der Waals surface area contributed by atoms with E-state index >= 15 is 0 Å².